The first-order chi connectivity index (χ1) is 24.9. The number of hydrogen-bond donors (Lipinski definition) is 0. The summed E-state index contributed by atoms with van der Waals surface area (Å²) >= 11 is 0. The lowest BCUT2D eigenvalue weighted by Crippen LogP contribution is -2.10. The van der Waals surface area contributed by atoms with Crippen LogP contribution in [0.15, 0.2) is 150 Å². The molecule has 0 aliphatic heterocycles. The van der Waals surface area contributed by atoms with E-state index in [0.29, 0.717) is 23.3 Å². The normalized spacial score (nSPS) is 11.5. The SMILES string of the molecule is CC(C)Oc1cc(OC(C)C)cc(-c2nnc(-c3ccc(N(c4ccccc4)c4ccc(-n5c6ccccc6c6ccccc65)cc4)cc3)o2)c1. The third kappa shape index (κ3) is 6.42. The van der Waals surface area contributed by atoms with Crippen molar-refractivity contribution in [1.82, 2.24) is 14.8 Å². The maximum atomic E-state index is 6.21. The van der Waals surface area contributed by atoms with Gasteiger partial charge in [0.25, 0.3) is 0 Å². The Morgan fingerprint density at radius 2 is 0.980 bits per heavy atom. The fraction of sp³-hybridized carbons (Fsp3) is 0.136. The molecule has 8 aromatic rings. The first-order valence-electron chi connectivity index (χ1n) is 17.3. The average Bonchev–Trinajstić information content (AvgIpc) is 3.76. The molecule has 2 aromatic heterocycles. The molecule has 51 heavy (non-hydrogen) atoms. The van der Waals surface area contributed by atoms with E-state index in [4.69, 9.17) is 13.9 Å². The molecule has 2 heterocycles. The van der Waals surface area contributed by atoms with Crippen molar-refractivity contribution in [2.45, 2.75) is 39.9 Å². The van der Waals surface area contributed by atoms with E-state index >= 15 is 0 Å². The van der Waals surface area contributed by atoms with E-state index in [1.165, 1.54) is 21.8 Å². The smallest absolute Gasteiger partial charge is 0.248 e. The summed E-state index contributed by atoms with van der Waals surface area (Å²) in [5.41, 5.74) is 8.14. The molecular formula is C44H38N4O3. The number of hydrogen-bond acceptors (Lipinski definition) is 6. The average molecular weight is 671 g/mol. The Morgan fingerprint density at radius 1 is 0.510 bits per heavy atom. The number of rotatable bonds is 10. The number of benzene rings is 6. The summed E-state index contributed by atoms with van der Waals surface area (Å²) in [6.45, 7) is 7.96. The van der Waals surface area contributed by atoms with Crippen molar-refractivity contribution >= 4 is 38.9 Å². The first-order valence-corrected chi connectivity index (χ1v) is 17.3. The Kier molecular flexibility index (Phi) is 8.46. The van der Waals surface area contributed by atoms with E-state index in [9.17, 15) is 0 Å². The van der Waals surface area contributed by atoms with Gasteiger partial charge in [0, 0.05) is 50.7 Å². The van der Waals surface area contributed by atoms with Gasteiger partial charge in [0.05, 0.1) is 23.2 Å². The monoisotopic (exact) mass is 670 g/mol. The van der Waals surface area contributed by atoms with Gasteiger partial charge < -0.3 is 23.4 Å². The Hall–Kier alpha value is -6.34. The molecule has 0 saturated heterocycles. The fourth-order valence-electron chi connectivity index (χ4n) is 6.56. The Morgan fingerprint density at radius 3 is 1.53 bits per heavy atom. The predicted molar refractivity (Wildman–Crippen MR) is 206 cm³/mol. The zero-order valence-electron chi connectivity index (χ0n) is 29.0. The van der Waals surface area contributed by atoms with Crippen molar-refractivity contribution in [2.24, 2.45) is 0 Å². The molecule has 252 valence electrons. The van der Waals surface area contributed by atoms with Crippen LogP contribution in [0.4, 0.5) is 17.1 Å². The summed E-state index contributed by atoms with van der Waals surface area (Å²) in [7, 11) is 0. The summed E-state index contributed by atoms with van der Waals surface area (Å²) in [6.07, 6.45) is 0.0229. The lowest BCUT2D eigenvalue weighted by molar-refractivity contribution is 0.229. The molecule has 8 rings (SSSR count). The quantitative estimate of drug-likeness (QED) is 0.144. The van der Waals surface area contributed by atoms with Crippen molar-refractivity contribution in [3.8, 4) is 40.1 Å². The van der Waals surface area contributed by atoms with Gasteiger partial charge >= 0.3 is 0 Å². The number of ether oxygens (including phenoxy) is 2. The van der Waals surface area contributed by atoms with Crippen molar-refractivity contribution < 1.29 is 13.9 Å². The summed E-state index contributed by atoms with van der Waals surface area (Å²) in [6, 6.07) is 50.2. The number of para-hydroxylation sites is 3. The van der Waals surface area contributed by atoms with E-state index in [-0.39, 0.29) is 12.2 Å². The van der Waals surface area contributed by atoms with Crippen LogP contribution in [-0.4, -0.2) is 27.0 Å². The van der Waals surface area contributed by atoms with Crippen molar-refractivity contribution in [1.29, 1.82) is 0 Å². The van der Waals surface area contributed by atoms with Crippen LogP contribution in [0.5, 0.6) is 11.5 Å². The minimum atomic E-state index is 0.0115. The summed E-state index contributed by atoms with van der Waals surface area (Å²) in [5, 5.41) is 11.3. The van der Waals surface area contributed by atoms with E-state index in [2.05, 4.69) is 129 Å². The molecule has 7 heteroatoms. The minimum absolute atomic E-state index is 0.0115. The highest BCUT2D eigenvalue weighted by Crippen LogP contribution is 2.38. The predicted octanol–water partition coefficient (Wildman–Crippen LogP) is 11.5. The third-order valence-corrected chi connectivity index (χ3v) is 8.63. The molecule has 0 atom stereocenters. The van der Waals surface area contributed by atoms with Crippen LogP contribution in [0, 0.1) is 0 Å². The second-order valence-electron chi connectivity index (χ2n) is 13.0. The fourth-order valence-corrected chi connectivity index (χ4v) is 6.56. The van der Waals surface area contributed by atoms with Gasteiger partial charge in [-0.3, -0.25) is 0 Å². The van der Waals surface area contributed by atoms with Gasteiger partial charge in [-0.2, -0.15) is 0 Å². The topological polar surface area (TPSA) is 65.6 Å². The lowest BCUT2D eigenvalue weighted by atomic mass is 10.1. The highest BCUT2D eigenvalue weighted by Gasteiger charge is 2.18. The molecule has 7 nitrogen and oxygen atoms in total. The molecular weight excluding hydrogens is 633 g/mol. The Bertz CT molecular complexity index is 2350. The maximum absolute atomic E-state index is 6.21. The molecule has 0 spiro atoms. The highest BCUT2D eigenvalue weighted by atomic mass is 16.5. The number of anilines is 3. The molecule has 0 saturated carbocycles. The molecule has 0 fully saturated rings. The highest BCUT2D eigenvalue weighted by molar-refractivity contribution is 6.09. The van der Waals surface area contributed by atoms with Gasteiger partial charge in [-0.1, -0.05) is 54.6 Å². The molecule has 6 aromatic carbocycles. The van der Waals surface area contributed by atoms with Gasteiger partial charge in [0.1, 0.15) is 11.5 Å². The maximum Gasteiger partial charge on any atom is 0.248 e. The van der Waals surface area contributed by atoms with Crippen LogP contribution in [-0.2, 0) is 0 Å². The zero-order valence-corrected chi connectivity index (χ0v) is 29.0. The van der Waals surface area contributed by atoms with Gasteiger partial charge in [-0.15, -0.1) is 10.2 Å². The molecule has 0 aliphatic rings. The molecule has 0 amide bonds. The Labute approximate surface area is 297 Å². The van der Waals surface area contributed by atoms with Crippen LogP contribution in [0.25, 0.3) is 50.4 Å². The van der Waals surface area contributed by atoms with Crippen molar-refractivity contribution in [2.75, 3.05) is 4.90 Å². The summed E-state index contributed by atoms with van der Waals surface area (Å²) in [5.74, 6) is 2.20. The molecule has 0 radical (unpaired) electrons. The molecule has 0 bridgehead atoms. The van der Waals surface area contributed by atoms with Crippen LogP contribution in [0.2, 0.25) is 0 Å². The first kappa shape index (κ1) is 31.9. The number of aromatic nitrogens is 3. The lowest BCUT2D eigenvalue weighted by Gasteiger charge is -2.26. The van der Waals surface area contributed by atoms with Crippen molar-refractivity contribution in [3.63, 3.8) is 0 Å². The van der Waals surface area contributed by atoms with E-state index in [1.807, 2.05) is 64.1 Å². The Balaban J connectivity index is 1.11. The summed E-state index contributed by atoms with van der Waals surface area (Å²) < 4.78 is 20.5. The van der Waals surface area contributed by atoms with E-state index in [0.717, 1.165) is 33.9 Å². The van der Waals surface area contributed by atoms with Gasteiger partial charge in [-0.25, -0.2) is 0 Å². The van der Waals surface area contributed by atoms with Crippen LogP contribution in [0.3, 0.4) is 0 Å². The van der Waals surface area contributed by atoms with Gasteiger partial charge in [0.15, 0.2) is 0 Å². The number of fused-ring (bicyclic) bond motifs is 3. The van der Waals surface area contributed by atoms with Gasteiger partial charge in [-0.05, 0) is 113 Å². The molecule has 0 N–H and O–H groups in total. The second kappa shape index (κ2) is 13.5. The van der Waals surface area contributed by atoms with E-state index < -0.39 is 0 Å². The third-order valence-electron chi connectivity index (χ3n) is 8.63. The minimum Gasteiger partial charge on any atom is -0.491 e. The van der Waals surface area contributed by atoms with Crippen molar-refractivity contribution in [3.05, 3.63) is 146 Å². The second-order valence-corrected chi connectivity index (χ2v) is 13.0. The van der Waals surface area contributed by atoms with E-state index in [1.54, 1.807) is 0 Å². The largest absolute Gasteiger partial charge is 0.491 e. The standard InChI is InChI=1S/C44H38N4O3/c1-29(2)49-37-26-32(27-38(28-37)50-30(3)4)44-46-45-43(51-44)31-18-20-34(21-19-31)47(33-12-6-5-7-13-33)35-22-24-36(25-23-35)48-41-16-10-8-14-39(41)40-15-9-11-17-42(40)48/h5-30H,1-4H3. The van der Waals surface area contributed by atoms with Crippen LogP contribution in [0.1, 0.15) is 27.7 Å². The van der Waals surface area contributed by atoms with Crippen LogP contribution < -0.4 is 14.4 Å². The molecule has 0 unspecified atom stereocenters. The summed E-state index contributed by atoms with van der Waals surface area (Å²) in [4.78, 5) is 2.25. The van der Waals surface area contributed by atoms with Gasteiger partial charge in [0.2, 0.25) is 11.8 Å². The zero-order chi connectivity index (χ0) is 34.9. The number of nitrogens with zero attached hydrogens (tertiary/aromatic N) is 4. The molecule has 0 aliphatic carbocycles. The van der Waals surface area contributed by atoms with Crippen LogP contribution >= 0.6 is 0 Å².